The molecule has 2 aromatic rings. The molecule has 24 heavy (non-hydrogen) atoms. The van der Waals surface area contributed by atoms with E-state index in [1.54, 1.807) is 24.3 Å². The average Bonchev–Trinajstić information content (AvgIpc) is 2.55. The van der Waals surface area contributed by atoms with Crippen LogP contribution in [-0.4, -0.2) is 23.6 Å². The fraction of sp³-hybridized carbons (Fsp3) is 0.263. The third-order valence-corrected chi connectivity index (χ3v) is 3.54. The predicted molar refractivity (Wildman–Crippen MR) is 92.7 cm³/mol. The van der Waals surface area contributed by atoms with Gasteiger partial charge in [-0.1, -0.05) is 25.1 Å². The second-order valence-electron chi connectivity index (χ2n) is 5.51. The van der Waals surface area contributed by atoms with Gasteiger partial charge in [-0.15, -0.1) is 0 Å². The van der Waals surface area contributed by atoms with Crippen LogP contribution in [0, 0.1) is 6.92 Å². The molecule has 0 atom stereocenters. The topological polar surface area (TPSA) is 75.6 Å². The minimum Gasteiger partial charge on any atom is -0.494 e. The largest absolute Gasteiger partial charge is 0.494 e. The number of carbonyl (C=O) groups excluding carboxylic acids is 1. The molecule has 0 radical (unpaired) electrons. The van der Waals surface area contributed by atoms with Crippen LogP contribution in [0.15, 0.2) is 42.5 Å². The van der Waals surface area contributed by atoms with Gasteiger partial charge in [0.15, 0.2) is 0 Å². The van der Waals surface area contributed by atoms with Crippen LogP contribution in [0.4, 0.5) is 5.69 Å². The zero-order valence-corrected chi connectivity index (χ0v) is 13.8. The van der Waals surface area contributed by atoms with E-state index in [-0.39, 0.29) is 17.9 Å². The van der Waals surface area contributed by atoms with Crippen molar-refractivity contribution in [3.05, 3.63) is 59.2 Å². The van der Waals surface area contributed by atoms with Crippen molar-refractivity contribution in [2.75, 3.05) is 11.9 Å². The number of anilines is 1. The molecule has 126 valence electrons. The molecule has 0 fully saturated rings. The number of benzene rings is 2. The van der Waals surface area contributed by atoms with Gasteiger partial charge in [-0.3, -0.25) is 4.79 Å². The maximum absolute atomic E-state index is 12.2. The molecule has 0 heterocycles. The van der Waals surface area contributed by atoms with Gasteiger partial charge < -0.3 is 15.2 Å². The van der Waals surface area contributed by atoms with Crippen LogP contribution in [0.3, 0.4) is 0 Å². The summed E-state index contributed by atoms with van der Waals surface area (Å²) in [5, 5.41) is 12.0. The second kappa shape index (κ2) is 8.15. The standard InChI is InChI=1S/C19H21NO4/c1-3-10-24-15-8-9-17(13(2)11-15)20-18(21)12-14-6-4-5-7-16(14)19(22)23/h4-9,11H,3,10,12H2,1-2H3,(H,20,21)(H,22,23). The van der Waals surface area contributed by atoms with E-state index in [0.29, 0.717) is 17.9 Å². The quantitative estimate of drug-likeness (QED) is 0.813. The van der Waals surface area contributed by atoms with Gasteiger partial charge in [0.1, 0.15) is 5.75 Å². The number of nitrogens with one attached hydrogen (secondary N) is 1. The molecule has 2 N–H and O–H groups in total. The van der Waals surface area contributed by atoms with Gasteiger partial charge in [-0.2, -0.15) is 0 Å². The lowest BCUT2D eigenvalue weighted by Crippen LogP contribution is -2.17. The summed E-state index contributed by atoms with van der Waals surface area (Å²) in [7, 11) is 0. The number of carboxylic acids is 1. The van der Waals surface area contributed by atoms with E-state index in [9.17, 15) is 9.59 Å². The maximum Gasteiger partial charge on any atom is 0.335 e. The Balaban J connectivity index is 2.06. The maximum atomic E-state index is 12.2. The van der Waals surface area contributed by atoms with Crippen molar-refractivity contribution < 1.29 is 19.4 Å². The lowest BCUT2D eigenvalue weighted by Gasteiger charge is -2.12. The summed E-state index contributed by atoms with van der Waals surface area (Å²) >= 11 is 0. The highest BCUT2D eigenvalue weighted by molar-refractivity contribution is 5.96. The number of aromatic carboxylic acids is 1. The van der Waals surface area contributed by atoms with Crippen LogP contribution in [-0.2, 0) is 11.2 Å². The van der Waals surface area contributed by atoms with Gasteiger partial charge in [-0.25, -0.2) is 4.79 Å². The zero-order valence-electron chi connectivity index (χ0n) is 13.8. The highest BCUT2D eigenvalue weighted by Gasteiger charge is 2.13. The Morgan fingerprint density at radius 3 is 2.58 bits per heavy atom. The van der Waals surface area contributed by atoms with Gasteiger partial charge in [-0.05, 0) is 48.7 Å². The Morgan fingerprint density at radius 1 is 1.17 bits per heavy atom. The highest BCUT2D eigenvalue weighted by Crippen LogP contribution is 2.22. The molecule has 2 rings (SSSR count). The van der Waals surface area contributed by atoms with E-state index < -0.39 is 5.97 Å². The molecule has 0 aliphatic heterocycles. The van der Waals surface area contributed by atoms with Gasteiger partial charge in [0.25, 0.3) is 0 Å². The van der Waals surface area contributed by atoms with Crippen molar-refractivity contribution in [3.8, 4) is 5.75 Å². The van der Waals surface area contributed by atoms with Crippen molar-refractivity contribution in [3.63, 3.8) is 0 Å². The Morgan fingerprint density at radius 2 is 1.92 bits per heavy atom. The molecule has 0 saturated carbocycles. The summed E-state index contributed by atoms with van der Waals surface area (Å²) in [4.78, 5) is 23.4. The zero-order chi connectivity index (χ0) is 17.5. The van der Waals surface area contributed by atoms with Crippen molar-refractivity contribution in [1.29, 1.82) is 0 Å². The number of hydrogen-bond acceptors (Lipinski definition) is 3. The summed E-state index contributed by atoms with van der Waals surface area (Å²) in [5.41, 5.74) is 2.22. The summed E-state index contributed by atoms with van der Waals surface area (Å²) in [6.45, 7) is 4.58. The number of amides is 1. The first-order valence-electron chi connectivity index (χ1n) is 7.85. The lowest BCUT2D eigenvalue weighted by atomic mass is 10.0. The van der Waals surface area contributed by atoms with Crippen molar-refractivity contribution in [2.24, 2.45) is 0 Å². The van der Waals surface area contributed by atoms with E-state index in [2.05, 4.69) is 5.32 Å². The number of carboxylic acid groups (broad SMARTS) is 1. The van der Waals surface area contributed by atoms with E-state index in [1.165, 1.54) is 6.07 Å². The van der Waals surface area contributed by atoms with Crippen LogP contribution < -0.4 is 10.1 Å². The molecular weight excluding hydrogens is 306 g/mol. The van der Waals surface area contributed by atoms with E-state index in [4.69, 9.17) is 9.84 Å². The summed E-state index contributed by atoms with van der Waals surface area (Å²) in [6.07, 6.45) is 0.941. The summed E-state index contributed by atoms with van der Waals surface area (Å²) < 4.78 is 5.56. The van der Waals surface area contributed by atoms with E-state index >= 15 is 0 Å². The first-order valence-corrected chi connectivity index (χ1v) is 7.85. The summed E-state index contributed by atoms with van der Waals surface area (Å²) in [6, 6.07) is 12.0. The molecule has 5 heteroatoms. The number of carbonyl (C=O) groups is 2. The molecule has 1 amide bonds. The predicted octanol–water partition coefficient (Wildman–Crippen LogP) is 3.66. The van der Waals surface area contributed by atoms with Gasteiger partial charge in [0.2, 0.25) is 5.91 Å². The van der Waals surface area contributed by atoms with Gasteiger partial charge in [0, 0.05) is 5.69 Å². The highest BCUT2D eigenvalue weighted by atomic mass is 16.5. The molecule has 2 aromatic carbocycles. The number of aryl methyl sites for hydroxylation is 1. The molecule has 0 aliphatic carbocycles. The first kappa shape index (κ1) is 17.5. The van der Waals surface area contributed by atoms with Crippen molar-refractivity contribution >= 4 is 17.6 Å². The number of rotatable bonds is 7. The third-order valence-electron chi connectivity index (χ3n) is 3.54. The molecule has 0 saturated heterocycles. The average molecular weight is 327 g/mol. The minimum absolute atomic E-state index is 0.00992. The van der Waals surface area contributed by atoms with Crippen LogP contribution in [0.5, 0.6) is 5.75 Å². The number of hydrogen-bond donors (Lipinski definition) is 2. The Bertz CT molecular complexity index is 740. The molecular formula is C19H21NO4. The van der Waals surface area contributed by atoms with Crippen LogP contribution in [0.2, 0.25) is 0 Å². The van der Waals surface area contributed by atoms with Crippen LogP contribution in [0.1, 0.15) is 34.8 Å². The van der Waals surface area contributed by atoms with Crippen LogP contribution >= 0.6 is 0 Å². The first-order chi connectivity index (χ1) is 11.5. The Hall–Kier alpha value is -2.82. The fourth-order valence-corrected chi connectivity index (χ4v) is 2.34. The number of ether oxygens (including phenoxy) is 1. The minimum atomic E-state index is -1.04. The van der Waals surface area contributed by atoms with Gasteiger partial charge >= 0.3 is 5.97 Å². The van der Waals surface area contributed by atoms with Crippen molar-refractivity contribution in [1.82, 2.24) is 0 Å². The molecule has 0 bridgehead atoms. The molecule has 5 nitrogen and oxygen atoms in total. The molecule has 0 spiro atoms. The molecule has 0 aromatic heterocycles. The van der Waals surface area contributed by atoms with Gasteiger partial charge in [0.05, 0.1) is 18.6 Å². The lowest BCUT2D eigenvalue weighted by molar-refractivity contribution is -0.115. The normalized spacial score (nSPS) is 10.2. The van der Waals surface area contributed by atoms with E-state index in [0.717, 1.165) is 17.7 Å². The monoisotopic (exact) mass is 327 g/mol. The Kier molecular flexibility index (Phi) is 5.95. The van der Waals surface area contributed by atoms with E-state index in [1.807, 2.05) is 26.0 Å². The van der Waals surface area contributed by atoms with Crippen LogP contribution in [0.25, 0.3) is 0 Å². The Labute approximate surface area is 141 Å². The smallest absolute Gasteiger partial charge is 0.335 e. The molecule has 0 unspecified atom stereocenters. The third kappa shape index (κ3) is 4.59. The SMILES string of the molecule is CCCOc1ccc(NC(=O)Cc2ccccc2C(=O)O)c(C)c1. The summed E-state index contributed by atoms with van der Waals surface area (Å²) in [5.74, 6) is -0.524. The fourth-order valence-electron chi connectivity index (χ4n) is 2.34. The molecule has 0 aliphatic rings. The second-order valence-corrected chi connectivity index (χ2v) is 5.51. The van der Waals surface area contributed by atoms with Crippen molar-refractivity contribution in [2.45, 2.75) is 26.7 Å².